The maximum absolute atomic E-state index is 14.1. The molecule has 4 N–H and O–H groups in total. The number of rotatable bonds is 21. The van der Waals surface area contributed by atoms with Gasteiger partial charge in [-0.3, -0.25) is 28.9 Å². The standard InChI is InChI=1S/C42H61N5O7/c1-28(2)23-34(38(49)42(6)27-54-42)44-41(52)36(26-32-15-11-8-12-16-32)46-40(51)35(24-29(3)4)45-39(50)33(18-17-31-13-9-7-10-14-31)43-37(48)25-30(5)47-19-21-53-22-20-47/h7-16,28-30,33-36H,17-27H2,1-6H3,(H,43,48)(H,44,52)(H,45,50)(H,46,51)/t30?,33-,34-,35-,36-,42+/m0/s1. The molecule has 0 aliphatic carbocycles. The van der Waals surface area contributed by atoms with Crippen LogP contribution in [0.25, 0.3) is 0 Å². The molecule has 2 aromatic rings. The molecule has 2 aromatic carbocycles. The molecule has 0 spiro atoms. The van der Waals surface area contributed by atoms with E-state index in [4.69, 9.17) is 9.47 Å². The Balaban J connectivity index is 1.51. The smallest absolute Gasteiger partial charge is 0.243 e. The van der Waals surface area contributed by atoms with Crippen LogP contribution < -0.4 is 21.3 Å². The van der Waals surface area contributed by atoms with Crippen LogP contribution in [0.3, 0.4) is 0 Å². The lowest BCUT2D eigenvalue weighted by Crippen LogP contribution is -2.59. The van der Waals surface area contributed by atoms with Crippen molar-refractivity contribution in [3.05, 3.63) is 71.8 Å². The summed E-state index contributed by atoms with van der Waals surface area (Å²) in [7, 11) is 0. The van der Waals surface area contributed by atoms with E-state index in [9.17, 15) is 24.0 Å². The van der Waals surface area contributed by atoms with Crippen molar-refractivity contribution >= 4 is 29.4 Å². The topological polar surface area (TPSA) is 158 Å². The van der Waals surface area contributed by atoms with Gasteiger partial charge in [0, 0.05) is 32.0 Å². The molecule has 2 heterocycles. The number of nitrogens with zero attached hydrogens (tertiary/aromatic N) is 1. The highest BCUT2D eigenvalue weighted by molar-refractivity contribution is 5.98. The zero-order valence-corrected chi connectivity index (χ0v) is 32.9. The van der Waals surface area contributed by atoms with Crippen molar-refractivity contribution in [2.24, 2.45) is 11.8 Å². The fourth-order valence-corrected chi connectivity index (χ4v) is 6.79. The molecule has 0 aromatic heterocycles. The number of morpholine rings is 1. The fraction of sp³-hybridized carbons (Fsp3) is 0.595. The summed E-state index contributed by atoms with van der Waals surface area (Å²) in [6.45, 7) is 14.6. The highest BCUT2D eigenvalue weighted by Gasteiger charge is 2.50. The number of benzene rings is 2. The van der Waals surface area contributed by atoms with E-state index in [1.807, 2.05) is 95.3 Å². The number of ether oxygens (including phenoxy) is 2. The molecule has 4 rings (SSSR count). The Morgan fingerprint density at radius 3 is 1.76 bits per heavy atom. The zero-order chi connectivity index (χ0) is 39.3. The number of amides is 4. The van der Waals surface area contributed by atoms with E-state index in [0.717, 1.165) is 24.2 Å². The summed E-state index contributed by atoms with van der Waals surface area (Å²) >= 11 is 0. The summed E-state index contributed by atoms with van der Waals surface area (Å²) in [5, 5.41) is 11.7. The average Bonchev–Trinajstić information content (AvgIpc) is 3.90. The van der Waals surface area contributed by atoms with Crippen molar-refractivity contribution in [2.75, 3.05) is 32.9 Å². The first kappa shape index (κ1) is 42.6. The zero-order valence-electron chi connectivity index (χ0n) is 32.9. The van der Waals surface area contributed by atoms with Crippen LogP contribution in [-0.2, 0) is 46.3 Å². The normalized spacial score (nSPS) is 19.9. The number of epoxide rings is 1. The predicted molar refractivity (Wildman–Crippen MR) is 207 cm³/mol. The van der Waals surface area contributed by atoms with Crippen LogP contribution in [0.15, 0.2) is 60.7 Å². The van der Waals surface area contributed by atoms with Crippen LogP contribution in [0.5, 0.6) is 0 Å². The van der Waals surface area contributed by atoms with Gasteiger partial charge < -0.3 is 30.7 Å². The van der Waals surface area contributed by atoms with Gasteiger partial charge in [0.25, 0.3) is 0 Å². The maximum Gasteiger partial charge on any atom is 0.243 e. The van der Waals surface area contributed by atoms with Gasteiger partial charge in [0.15, 0.2) is 5.78 Å². The fourth-order valence-electron chi connectivity index (χ4n) is 6.79. The van der Waals surface area contributed by atoms with E-state index in [1.165, 1.54) is 0 Å². The van der Waals surface area contributed by atoms with Crippen LogP contribution in [0.1, 0.15) is 78.4 Å². The van der Waals surface area contributed by atoms with Gasteiger partial charge >= 0.3 is 0 Å². The quantitative estimate of drug-likeness (QED) is 0.142. The van der Waals surface area contributed by atoms with Crippen LogP contribution in [-0.4, -0.2) is 103 Å². The number of hydrogen-bond acceptors (Lipinski definition) is 8. The summed E-state index contributed by atoms with van der Waals surface area (Å²) in [5.74, 6) is -1.79. The lowest BCUT2D eigenvalue weighted by Gasteiger charge is -2.32. The van der Waals surface area contributed by atoms with Crippen molar-refractivity contribution in [3.8, 4) is 0 Å². The predicted octanol–water partition coefficient (Wildman–Crippen LogP) is 3.36. The monoisotopic (exact) mass is 747 g/mol. The molecule has 1 unspecified atom stereocenters. The average molecular weight is 748 g/mol. The van der Waals surface area contributed by atoms with Gasteiger partial charge in [-0.2, -0.15) is 0 Å². The number of aryl methyl sites for hydroxylation is 1. The summed E-state index contributed by atoms with van der Waals surface area (Å²) in [6.07, 6.45) is 1.98. The molecule has 0 bridgehead atoms. The summed E-state index contributed by atoms with van der Waals surface area (Å²) in [4.78, 5) is 71.1. The van der Waals surface area contributed by atoms with E-state index in [0.29, 0.717) is 45.5 Å². The van der Waals surface area contributed by atoms with Gasteiger partial charge in [-0.05, 0) is 62.5 Å². The molecule has 0 radical (unpaired) electrons. The van der Waals surface area contributed by atoms with E-state index in [1.54, 1.807) is 6.92 Å². The van der Waals surface area contributed by atoms with Crippen molar-refractivity contribution in [1.82, 2.24) is 26.2 Å². The molecule has 6 atom stereocenters. The number of ketones is 1. The molecule has 12 nitrogen and oxygen atoms in total. The van der Waals surface area contributed by atoms with Gasteiger partial charge in [-0.25, -0.2) is 0 Å². The second-order valence-corrected chi connectivity index (χ2v) is 15.9. The minimum atomic E-state index is -1.03. The maximum atomic E-state index is 14.1. The molecule has 4 amide bonds. The largest absolute Gasteiger partial charge is 0.379 e. The number of carbonyl (C=O) groups excluding carboxylic acids is 5. The van der Waals surface area contributed by atoms with Crippen LogP contribution >= 0.6 is 0 Å². The highest BCUT2D eigenvalue weighted by Crippen LogP contribution is 2.29. The number of Topliss-reactive ketones (excluding diaryl/α,β-unsaturated/α-hetero) is 1. The Morgan fingerprint density at radius 1 is 0.685 bits per heavy atom. The minimum absolute atomic E-state index is 0.0153. The molecule has 296 valence electrons. The number of nitrogens with one attached hydrogen (secondary N) is 4. The lowest BCUT2D eigenvalue weighted by molar-refractivity contribution is -0.135. The molecular formula is C42H61N5O7. The third-order valence-electron chi connectivity index (χ3n) is 10.1. The molecule has 2 saturated heterocycles. The van der Waals surface area contributed by atoms with Crippen LogP contribution in [0, 0.1) is 11.8 Å². The molecule has 0 saturated carbocycles. The second-order valence-electron chi connectivity index (χ2n) is 15.9. The Bertz CT molecular complexity index is 1530. The molecule has 12 heteroatoms. The Hall–Kier alpha value is -4.13. The number of hydrogen-bond donors (Lipinski definition) is 4. The molecule has 54 heavy (non-hydrogen) atoms. The van der Waals surface area contributed by atoms with Crippen molar-refractivity contribution < 1.29 is 33.4 Å². The first-order valence-corrected chi connectivity index (χ1v) is 19.5. The van der Waals surface area contributed by atoms with Crippen LogP contribution in [0.2, 0.25) is 0 Å². The van der Waals surface area contributed by atoms with Gasteiger partial charge in [-0.1, -0.05) is 88.4 Å². The van der Waals surface area contributed by atoms with Crippen molar-refractivity contribution in [2.45, 2.75) is 116 Å². The Morgan fingerprint density at radius 2 is 1.19 bits per heavy atom. The molecular weight excluding hydrogens is 686 g/mol. The van der Waals surface area contributed by atoms with Gasteiger partial charge in [-0.15, -0.1) is 0 Å². The Kier molecular flexibility index (Phi) is 16.2. The SMILES string of the molecule is CC(C)C[C@H](NC(=O)[C@H](CCc1ccccc1)NC(=O)CC(C)N1CCOCC1)C(=O)N[C@@H](Cc1ccccc1)C(=O)N[C@@H](CC(C)C)C(=O)[C@@]1(C)CO1. The third kappa shape index (κ3) is 13.6. The molecule has 2 aliphatic rings. The molecule has 2 fully saturated rings. The van der Waals surface area contributed by atoms with Gasteiger partial charge in [0.2, 0.25) is 23.6 Å². The third-order valence-corrected chi connectivity index (χ3v) is 10.1. The van der Waals surface area contributed by atoms with E-state index < -0.39 is 47.5 Å². The summed E-state index contributed by atoms with van der Waals surface area (Å²) in [6, 6.07) is 15.3. The lowest BCUT2D eigenvalue weighted by atomic mass is 9.93. The van der Waals surface area contributed by atoms with Gasteiger partial charge in [0.05, 0.1) is 25.9 Å². The number of carbonyl (C=O) groups is 5. The van der Waals surface area contributed by atoms with Crippen LogP contribution in [0.4, 0.5) is 0 Å². The molecule has 2 aliphatic heterocycles. The van der Waals surface area contributed by atoms with E-state index in [2.05, 4.69) is 26.2 Å². The van der Waals surface area contributed by atoms with Crippen molar-refractivity contribution in [3.63, 3.8) is 0 Å². The Labute approximate surface area is 320 Å². The van der Waals surface area contributed by atoms with Gasteiger partial charge in [0.1, 0.15) is 23.7 Å². The minimum Gasteiger partial charge on any atom is -0.379 e. The summed E-state index contributed by atoms with van der Waals surface area (Å²) < 4.78 is 10.9. The summed E-state index contributed by atoms with van der Waals surface area (Å²) in [5.41, 5.74) is 0.917. The second kappa shape index (κ2) is 20.5. The van der Waals surface area contributed by atoms with Crippen molar-refractivity contribution in [1.29, 1.82) is 0 Å². The van der Waals surface area contributed by atoms with E-state index in [-0.39, 0.29) is 42.4 Å². The first-order valence-electron chi connectivity index (χ1n) is 19.5. The first-order chi connectivity index (χ1) is 25.7. The van der Waals surface area contributed by atoms with E-state index >= 15 is 0 Å². The highest BCUT2D eigenvalue weighted by atomic mass is 16.6.